The van der Waals surface area contributed by atoms with Gasteiger partial charge in [-0.3, -0.25) is 9.48 Å². The monoisotopic (exact) mass is 417 g/mol. The van der Waals surface area contributed by atoms with E-state index in [9.17, 15) is 4.79 Å². The van der Waals surface area contributed by atoms with Crippen LogP contribution in [0.25, 0.3) is 0 Å². The number of rotatable bonds is 5. The van der Waals surface area contributed by atoms with Crippen LogP contribution in [0.5, 0.6) is 0 Å². The Balaban J connectivity index is 1.53. The Labute approximate surface area is 162 Å². The zero-order valence-electron chi connectivity index (χ0n) is 15.0. The fraction of sp³-hybridized carbons (Fsp3) is 0.500. The number of nitrogens with one attached hydrogen (secondary N) is 1. The van der Waals surface area contributed by atoms with E-state index in [2.05, 4.69) is 50.6 Å². The predicted molar refractivity (Wildman–Crippen MR) is 103 cm³/mol. The SMILES string of the molecule is Cn1cc(C(=O)NCC2(c3ccc(Br)cc3)CCOCC2)c(C2CC2)n1. The third-order valence-corrected chi connectivity index (χ3v) is 6.09. The van der Waals surface area contributed by atoms with Gasteiger partial charge >= 0.3 is 0 Å². The van der Waals surface area contributed by atoms with Crippen molar-refractivity contribution in [1.82, 2.24) is 15.1 Å². The van der Waals surface area contributed by atoms with Gasteiger partial charge in [0.2, 0.25) is 0 Å². The molecule has 0 spiro atoms. The third-order valence-electron chi connectivity index (χ3n) is 5.56. The van der Waals surface area contributed by atoms with Crippen molar-refractivity contribution in [2.24, 2.45) is 7.05 Å². The molecule has 2 aliphatic rings. The minimum Gasteiger partial charge on any atom is -0.381 e. The van der Waals surface area contributed by atoms with E-state index in [0.717, 1.165) is 54.6 Å². The summed E-state index contributed by atoms with van der Waals surface area (Å²) >= 11 is 3.51. The molecule has 26 heavy (non-hydrogen) atoms. The normalized spacial score (nSPS) is 19.3. The molecular weight excluding hydrogens is 394 g/mol. The average Bonchev–Trinajstić information content (AvgIpc) is 3.43. The average molecular weight is 418 g/mol. The van der Waals surface area contributed by atoms with Crippen molar-refractivity contribution in [2.75, 3.05) is 19.8 Å². The first kappa shape index (κ1) is 17.7. The summed E-state index contributed by atoms with van der Waals surface area (Å²) in [5.74, 6) is 0.448. The van der Waals surface area contributed by atoms with Crippen molar-refractivity contribution >= 4 is 21.8 Å². The second-order valence-electron chi connectivity index (χ2n) is 7.46. The van der Waals surface area contributed by atoms with Crippen molar-refractivity contribution in [3.05, 3.63) is 51.8 Å². The second kappa shape index (κ2) is 7.16. The summed E-state index contributed by atoms with van der Waals surface area (Å²) in [5.41, 5.74) is 2.87. The van der Waals surface area contributed by atoms with E-state index < -0.39 is 0 Å². The lowest BCUT2D eigenvalue weighted by Gasteiger charge is -2.38. The summed E-state index contributed by atoms with van der Waals surface area (Å²) in [6, 6.07) is 8.45. The summed E-state index contributed by atoms with van der Waals surface area (Å²) < 4.78 is 8.41. The van der Waals surface area contributed by atoms with Crippen LogP contribution >= 0.6 is 15.9 Å². The first-order chi connectivity index (χ1) is 12.6. The highest BCUT2D eigenvalue weighted by molar-refractivity contribution is 9.10. The van der Waals surface area contributed by atoms with Crippen LogP contribution in [0, 0.1) is 0 Å². The molecule has 0 bridgehead atoms. The Kier molecular flexibility index (Phi) is 4.88. The molecule has 138 valence electrons. The van der Waals surface area contributed by atoms with Gasteiger partial charge in [0.05, 0.1) is 11.3 Å². The largest absolute Gasteiger partial charge is 0.381 e. The number of hydrogen-bond donors (Lipinski definition) is 1. The van der Waals surface area contributed by atoms with Crippen LogP contribution in [0.1, 0.15) is 53.2 Å². The van der Waals surface area contributed by atoms with Crippen LogP contribution in [0.15, 0.2) is 34.9 Å². The molecule has 1 aliphatic heterocycles. The van der Waals surface area contributed by atoms with Crippen molar-refractivity contribution in [1.29, 1.82) is 0 Å². The Morgan fingerprint density at radius 1 is 1.31 bits per heavy atom. The summed E-state index contributed by atoms with van der Waals surface area (Å²) in [5, 5.41) is 7.70. The Morgan fingerprint density at radius 2 is 2.00 bits per heavy atom. The molecule has 2 heterocycles. The number of ether oxygens (including phenoxy) is 1. The first-order valence-corrected chi connectivity index (χ1v) is 10.0. The molecule has 4 rings (SSSR count). The summed E-state index contributed by atoms with van der Waals surface area (Å²) in [4.78, 5) is 12.9. The lowest BCUT2D eigenvalue weighted by Crippen LogP contribution is -2.44. The third kappa shape index (κ3) is 3.58. The molecule has 1 aromatic carbocycles. The molecule has 0 unspecified atom stereocenters. The van der Waals surface area contributed by atoms with Crippen LogP contribution in [-0.4, -0.2) is 35.4 Å². The highest BCUT2D eigenvalue weighted by atomic mass is 79.9. The van der Waals surface area contributed by atoms with E-state index in [4.69, 9.17) is 4.74 Å². The van der Waals surface area contributed by atoms with Crippen LogP contribution < -0.4 is 5.32 Å². The fourth-order valence-corrected chi connectivity index (χ4v) is 4.08. The van der Waals surface area contributed by atoms with Crippen molar-refractivity contribution in [3.8, 4) is 0 Å². The fourth-order valence-electron chi connectivity index (χ4n) is 3.82. The van der Waals surface area contributed by atoms with Gasteiger partial charge in [-0.1, -0.05) is 28.1 Å². The molecule has 5 nitrogen and oxygen atoms in total. The van der Waals surface area contributed by atoms with Gasteiger partial charge in [-0.2, -0.15) is 5.10 Å². The minimum atomic E-state index is -0.0729. The molecule has 1 amide bonds. The second-order valence-corrected chi connectivity index (χ2v) is 8.37. The number of aromatic nitrogens is 2. The van der Waals surface area contributed by atoms with E-state index in [1.165, 1.54) is 5.56 Å². The number of hydrogen-bond acceptors (Lipinski definition) is 3. The maximum atomic E-state index is 12.9. The predicted octanol–water partition coefficient (Wildman–Crippen LogP) is 3.54. The van der Waals surface area contributed by atoms with E-state index in [0.29, 0.717) is 12.5 Å². The van der Waals surface area contributed by atoms with Crippen molar-refractivity contribution in [3.63, 3.8) is 0 Å². The molecular formula is C20H24BrN3O2. The smallest absolute Gasteiger partial charge is 0.254 e. The summed E-state index contributed by atoms with van der Waals surface area (Å²) in [7, 11) is 1.88. The molecule has 0 atom stereocenters. The lowest BCUT2D eigenvalue weighted by atomic mass is 9.74. The van der Waals surface area contributed by atoms with Crippen LogP contribution in [0.3, 0.4) is 0 Å². The summed E-state index contributed by atoms with van der Waals surface area (Å²) in [6.07, 6.45) is 5.95. The molecule has 2 aromatic rings. The number of aryl methyl sites for hydroxylation is 1. The van der Waals surface area contributed by atoms with Crippen LogP contribution in [0.4, 0.5) is 0 Å². The van der Waals surface area contributed by atoms with Gasteiger partial charge < -0.3 is 10.1 Å². The lowest BCUT2D eigenvalue weighted by molar-refractivity contribution is 0.0487. The number of nitrogens with zero attached hydrogens (tertiary/aromatic N) is 2. The Bertz CT molecular complexity index is 790. The minimum absolute atomic E-state index is 0.0111. The summed E-state index contributed by atoms with van der Waals surface area (Å²) in [6.45, 7) is 2.08. The molecule has 1 aromatic heterocycles. The van der Waals surface area contributed by atoms with E-state index in [1.54, 1.807) is 4.68 Å². The number of benzene rings is 1. The quantitative estimate of drug-likeness (QED) is 0.808. The van der Waals surface area contributed by atoms with E-state index in [1.807, 2.05) is 13.2 Å². The molecule has 1 saturated heterocycles. The van der Waals surface area contributed by atoms with Gasteiger partial charge in [0.25, 0.3) is 5.91 Å². The standard InChI is InChI=1S/C20H24BrN3O2/c1-24-12-17(18(23-24)14-2-3-14)19(25)22-13-20(8-10-26-11-9-20)15-4-6-16(21)7-5-15/h4-7,12,14H,2-3,8-11,13H2,1H3,(H,22,25). The topological polar surface area (TPSA) is 56.2 Å². The number of halogens is 1. The van der Waals surface area contributed by atoms with Gasteiger partial charge in [-0.25, -0.2) is 0 Å². The molecule has 1 aliphatic carbocycles. The Morgan fingerprint density at radius 3 is 2.65 bits per heavy atom. The highest BCUT2D eigenvalue weighted by Gasteiger charge is 2.36. The van der Waals surface area contributed by atoms with Crippen molar-refractivity contribution < 1.29 is 9.53 Å². The molecule has 1 N–H and O–H groups in total. The highest BCUT2D eigenvalue weighted by Crippen LogP contribution is 2.41. The maximum Gasteiger partial charge on any atom is 0.254 e. The van der Waals surface area contributed by atoms with Gasteiger partial charge in [0, 0.05) is 48.8 Å². The van der Waals surface area contributed by atoms with Gasteiger partial charge in [-0.05, 0) is 43.4 Å². The number of carbonyl (C=O) groups is 1. The van der Waals surface area contributed by atoms with Crippen LogP contribution in [0.2, 0.25) is 0 Å². The number of carbonyl (C=O) groups excluding carboxylic acids is 1. The van der Waals surface area contributed by atoms with Crippen molar-refractivity contribution in [2.45, 2.75) is 37.0 Å². The molecule has 6 heteroatoms. The van der Waals surface area contributed by atoms with E-state index in [-0.39, 0.29) is 11.3 Å². The maximum absolute atomic E-state index is 12.9. The van der Waals surface area contributed by atoms with Gasteiger partial charge in [0.15, 0.2) is 0 Å². The zero-order valence-corrected chi connectivity index (χ0v) is 16.6. The van der Waals surface area contributed by atoms with Crippen LogP contribution in [-0.2, 0) is 17.2 Å². The first-order valence-electron chi connectivity index (χ1n) is 9.23. The molecule has 2 fully saturated rings. The van der Waals surface area contributed by atoms with Gasteiger partial charge in [0.1, 0.15) is 0 Å². The van der Waals surface area contributed by atoms with Gasteiger partial charge in [-0.15, -0.1) is 0 Å². The number of amides is 1. The Hall–Kier alpha value is -1.66. The van der Waals surface area contributed by atoms with E-state index >= 15 is 0 Å². The molecule has 0 radical (unpaired) electrons. The zero-order chi connectivity index (χ0) is 18.1. The molecule has 1 saturated carbocycles.